The number of nitrogens with one attached hydrogen (secondary N) is 3. The molecule has 0 radical (unpaired) electrons. The van der Waals surface area contributed by atoms with E-state index < -0.39 is 0 Å². The Kier molecular flexibility index (Phi) is 4.10. The van der Waals surface area contributed by atoms with Crippen molar-refractivity contribution in [1.29, 1.82) is 0 Å². The highest BCUT2D eigenvalue weighted by atomic mass is 16.3. The fourth-order valence-electron chi connectivity index (χ4n) is 1.72. The zero-order chi connectivity index (χ0) is 11.2. The summed E-state index contributed by atoms with van der Waals surface area (Å²) in [6.45, 7) is 5.12. The van der Waals surface area contributed by atoms with Gasteiger partial charge < -0.3 is 21.1 Å². The molecule has 5 nitrogen and oxygen atoms in total. The van der Waals surface area contributed by atoms with Gasteiger partial charge in [-0.2, -0.15) is 0 Å². The molecule has 0 atom stereocenters. The highest BCUT2D eigenvalue weighted by Gasteiger charge is 2.03. The lowest BCUT2D eigenvalue weighted by molar-refractivity contribution is 0.469. The summed E-state index contributed by atoms with van der Waals surface area (Å²) in [5.41, 5.74) is 1.77. The van der Waals surface area contributed by atoms with Gasteiger partial charge in [-0.1, -0.05) is 0 Å². The monoisotopic (exact) mass is 222 g/mol. The highest BCUT2D eigenvalue weighted by Crippen LogP contribution is 2.12. The number of aromatic hydroxyl groups is 1. The minimum Gasteiger partial charge on any atom is -0.508 e. The molecule has 2 heterocycles. The normalized spacial score (nSPS) is 18.5. The summed E-state index contributed by atoms with van der Waals surface area (Å²) in [5, 5.41) is 19.4. The van der Waals surface area contributed by atoms with Crippen molar-refractivity contribution in [3.63, 3.8) is 0 Å². The molecule has 0 fully saturated rings. The maximum absolute atomic E-state index is 9.56. The van der Waals surface area contributed by atoms with Crippen molar-refractivity contribution in [2.75, 3.05) is 26.2 Å². The molecule has 16 heavy (non-hydrogen) atoms. The van der Waals surface area contributed by atoms with Crippen LogP contribution in [0.3, 0.4) is 0 Å². The van der Waals surface area contributed by atoms with Gasteiger partial charge in [-0.15, -0.1) is 0 Å². The molecule has 88 valence electrons. The van der Waals surface area contributed by atoms with Gasteiger partial charge in [0, 0.05) is 51.4 Å². The second-order valence-corrected chi connectivity index (χ2v) is 3.91. The largest absolute Gasteiger partial charge is 0.508 e. The number of nitrogens with zero attached hydrogens (tertiary/aromatic N) is 1. The van der Waals surface area contributed by atoms with Crippen molar-refractivity contribution in [2.45, 2.75) is 13.1 Å². The van der Waals surface area contributed by atoms with Crippen LogP contribution in [0.1, 0.15) is 11.4 Å². The van der Waals surface area contributed by atoms with Crippen molar-refractivity contribution in [1.82, 2.24) is 20.9 Å². The van der Waals surface area contributed by atoms with Crippen LogP contribution in [0.15, 0.2) is 12.1 Å². The second kappa shape index (κ2) is 5.79. The molecule has 0 unspecified atom stereocenters. The van der Waals surface area contributed by atoms with E-state index >= 15 is 0 Å². The van der Waals surface area contributed by atoms with Gasteiger partial charge in [0.05, 0.1) is 11.4 Å². The molecule has 4 N–H and O–H groups in total. The third kappa shape index (κ3) is 3.44. The topological polar surface area (TPSA) is 69.2 Å². The first-order valence-electron chi connectivity index (χ1n) is 5.65. The Labute approximate surface area is 95.3 Å². The van der Waals surface area contributed by atoms with Crippen LogP contribution in [-0.4, -0.2) is 36.3 Å². The van der Waals surface area contributed by atoms with Crippen LogP contribution in [0.2, 0.25) is 0 Å². The maximum Gasteiger partial charge on any atom is 0.119 e. The summed E-state index contributed by atoms with van der Waals surface area (Å²) >= 11 is 0. The molecule has 0 amide bonds. The summed E-state index contributed by atoms with van der Waals surface area (Å²) in [5.74, 6) is 0.291. The van der Waals surface area contributed by atoms with Gasteiger partial charge in [0.25, 0.3) is 0 Å². The van der Waals surface area contributed by atoms with E-state index in [2.05, 4.69) is 20.9 Å². The smallest absolute Gasteiger partial charge is 0.119 e. The standard InChI is InChI=1S/C11H18N4O/c16-11-5-9-7-13-3-1-12-2-4-14-8-10(6-11)15-9/h5-6,12-14H,1-4,7-8H2,(H,15,16). The van der Waals surface area contributed by atoms with E-state index in [0.717, 1.165) is 37.6 Å². The second-order valence-electron chi connectivity index (χ2n) is 3.91. The zero-order valence-corrected chi connectivity index (χ0v) is 9.29. The Hall–Kier alpha value is -1.17. The molecule has 2 bridgehead atoms. The van der Waals surface area contributed by atoms with E-state index in [-0.39, 0.29) is 0 Å². The van der Waals surface area contributed by atoms with Crippen molar-refractivity contribution in [2.24, 2.45) is 0 Å². The Balaban J connectivity index is 2.08. The van der Waals surface area contributed by atoms with Crippen LogP contribution >= 0.6 is 0 Å². The number of aromatic nitrogens is 1. The minimum atomic E-state index is 0.291. The molecular weight excluding hydrogens is 204 g/mol. The van der Waals surface area contributed by atoms with E-state index in [0.29, 0.717) is 18.8 Å². The molecule has 1 aliphatic rings. The third-order valence-corrected chi connectivity index (χ3v) is 2.49. The first kappa shape index (κ1) is 11.3. The Morgan fingerprint density at radius 2 is 1.38 bits per heavy atom. The number of rotatable bonds is 0. The van der Waals surface area contributed by atoms with Crippen molar-refractivity contribution in [3.05, 3.63) is 23.5 Å². The molecule has 5 heteroatoms. The lowest BCUT2D eigenvalue weighted by atomic mass is 10.2. The number of hydrogen-bond acceptors (Lipinski definition) is 5. The average Bonchev–Trinajstić information content (AvgIpc) is 2.24. The lowest BCUT2D eigenvalue weighted by Crippen LogP contribution is -2.33. The molecule has 1 aliphatic heterocycles. The van der Waals surface area contributed by atoms with Gasteiger partial charge in [0.1, 0.15) is 5.75 Å². The Morgan fingerprint density at radius 3 is 1.94 bits per heavy atom. The van der Waals surface area contributed by atoms with Gasteiger partial charge in [-0.3, -0.25) is 4.98 Å². The highest BCUT2D eigenvalue weighted by molar-refractivity contribution is 5.25. The SMILES string of the molecule is Oc1cc2nc(c1)CNCCNCCNC2. The van der Waals surface area contributed by atoms with Crippen LogP contribution in [0.4, 0.5) is 0 Å². The van der Waals surface area contributed by atoms with Crippen LogP contribution in [-0.2, 0) is 13.1 Å². The van der Waals surface area contributed by atoms with Crippen LogP contribution in [0.5, 0.6) is 5.75 Å². The summed E-state index contributed by atoms with van der Waals surface area (Å²) in [7, 11) is 0. The first-order valence-corrected chi connectivity index (χ1v) is 5.65. The molecular formula is C11H18N4O. The summed E-state index contributed by atoms with van der Waals surface area (Å²) in [6, 6.07) is 3.41. The van der Waals surface area contributed by atoms with Gasteiger partial charge in [-0.25, -0.2) is 0 Å². The van der Waals surface area contributed by atoms with E-state index in [1.165, 1.54) is 0 Å². The third-order valence-electron chi connectivity index (χ3n) is 2.49. The molecule has 1 aromatic rings. The molecule has 1 aromatic heterocycles. The first-order chi connectivity index (χ1) is 7.84. The quantitative estimate of drug-likeness (QED) is 0.479. The molecule has 0 saturated heterocycles. The number of hydrogen-bond donors (Lipinski definition) is 4. The summed E-state index contributed by atoms with van der Waals surface area (Å²) < 4.78 is 0. The number of fused-ring (bicyclic) bond motifs is 2. The Bertz CT molecular complexity index is 315. The fourth-order valence-corrected chi connectivity index (χ4v) is 1.72. The minimum absolute atomic E-state index is 0.291. The lowest BCUT2D eigenvalue weighted by Gasteiger charge is -2.11. The zero-order valence-electron chi connectivity index (χ0n) is 9.29. The van der Waals surface area contributed by atoms with Crippen molar-refractivity contribution >= 4 is 0 Å². The van der Waals surface area contributed by atoms with Crippen molar-refractivity contribution < 1.29 is 5.11 Å². The molecule has 0 spiro atoms. The summed E-state index contributed by atoms with van der Waals surface area (Å²) in [4.78, 5) is 4.46. The van der Waals surface area contributed by atoms with E-state index in [1.807, 2.05) is 0 Å². The van der Waals surface area contributed by atoms with E-state index in [9.17, 15) is 5.11 Å². The molecule has 0 aromatic carbocycles. The van der Waals surface area contributed by atoms with Gasteiger partial charge in [0.15, 0.2) is 0 Å². The van der Waals surface area contributed by atoms with Crippen LogP contribution in [0.25, 0.3) is 0 Å². The van der Waals surface area contributed by atoms with E-state index in [4.69, 9.17) is 0 Å². The van der Waals surface area contributed by atoms with Crippen molar-refractivity contribution in [3.8, 4) is 5.75 Å². The fraction of sp³-hybridized carbons (Fsp3) is 0.545. The van der Waals surface area contributed by atoms with Gasteiger partial charge in [-0.05, 0) is 0 Å². The maximum atomic E-state index is 9.56. The Morgan fingerprint density at radius 1 is 0.875 bits per heavy atom. The average molecular weight is 222 g/mol. The van der Waals surface area contributed by atoms with Gasteiger partial charge in [0.2, 0.25) is 0 Å². The van der Waals surface area contributed by atoms with Crippen LogP contribution in [0, 0.1) is 0 Å². The predicted molar refractivity (Wildman–Crippen MR) is 62.2 cm³/mol. The van der Waals surface area contributed by atoms with Crippen LogP contribution < -0.4 is 16.0 Å². The van der Waals surface area contributed by atoms with E-state index in [1.54, 1.807) is 12.1 Å². The predicted octanol–water partition coefficient (Wildman–Crippen LogP) is -0.430. The molecule has 2 rings (SSSR count). The molecule has 0 saturated carbocycles. The summed E-state index contributed by atoms with van der Waals surface area (Å²) in [6.07, 6.45) is 0. The van der Waals surface area contributed by atoms with Gasteiger partial charge >= 0.3 is 0 Å². The molecule has 0 aliphatic carbocycles. The number of pyridine rings is 1.